The maximum atomic E-state index is 12.0. The van der Waals surface area contributed by atoms with E-state index < -0.39 is 17.9 Å². The number of amides is 1. The molecule has 0 fully saturated rings. The summed E-state index contributed by atoms with van der Waals surface area (Å²) in [5, 5.41) is 11.0. The van der Waals surface area contributed by atoms with Gasteiger partial charge in [-0.1, -0.05) is 23.2 Å². The molecule has 0 aliphatic heterocycles. The number of nitrogens with zero attached hydrogens (tertiary/aromatic N) is 6. The van der Waals surface area contributed by atoms with E-state index >= 15 is 0 Å². The fourth-order valence-corrected chi connectivity index (χ4v) is 5.22. The van der Waals surface area contributed by atoms with Crippen molar-refractivity contribution in [2.45, 2.75) is 26.7 Å². The summed E-state index contributed by atoms with van der Waals surface area (Å²) < 4.78 is 9.76. The van der Waals surface area contributed by atoms with Crippen molar-refractivity contribution in [1.82, 2.24) is 29.9 Å². The van der Waals surface area contributed by atoms with E-state index in [1.165, 1.54) is 61.7 Å². The van der Waals surface area contributed by atoms with Crippen LogP contribution >= 0.6 is 45.9 Å². The second kappa shape index (κ2) is 17.0. The van der Waals surface area contributed by atoms with Crippen LogP contribution in [0.2, 0.25) is 8.93 Å². The summed E-state index contributed by atoms with van der Waals surface area (Å²) in [7, 11) is 2.49. The van der Waals surface area contributed by atoms with Gasteiger partial charge in [-0.05, 0) is 13.8 Å². The fraction of sp³-hybridized carbons (Fsp3) is 0.250. The van der Waals surface area contributed by atoms with E-state index in [4.69, 9.17) is 34.0 Å². The number of methoxy groups -OCH3 is 2. The van der Waals surface area contributed by atoms with E-state index in [1.54, 1.807) is 13.8 Å². The van der Waals surface area contributed by atoms with Gasteiger partial charge < -0.3 is 25.6 Å². The highest BCUT2D eigenvalue weighted by molar-refractivity contribution is 7.16. The highest BCUT2D eigenvalue weighted by Crippen LogP contribution is 2.23. The number of aliphatic carboxylic acids is 1. The van der Waals surface area contributed by atoms with E-state index in [2.05, 4.69) is 44.7 Å². The number of carboxylic acids is 1. The molecule has 19 heteroatoms. The Hall–Kier alpha value is -4.32. The number of rotatable bonds is 7. The Morgan fingerprint density at radius 2 is 1.28 bits per heavy atom. The van der Waals surface area contributed by atoms with E-state index in [1.807, 2.05) is 0 Å². The van der Waals surface area contributed by atoms with Gasteiger partial charge in [0.2, 0.25) is 5.91 Å². The minimum absolute atomic E-state index is 0.0101. The van der Waals surface area contributed by atoms with Crippen molar-refractivity contribution in [3.8, 4) is 0 Å². The van der Waals surface area contributed by atoms with Crippen LogP contribution < -0.4 is 11.1 Å². The van der Waals surface area contributed by atoms with Crippen molar-refractivity contribution in [3.63, 3.8) is 0 Å². The summed E-state index contributed by atoms with van der Waals surface area (Å²) >= 11 is 13.8. The number of anilines is 2. The number of esters is 2. The van der Waals surface area contributed by atoms with Gasteiger partial charge in [-0.2, -0.15) is 0 Å². The predicted octanol–water partition coefficient (Wildman–Crippen LogP) is 3.44. The van der Waals surface area contributed by atoms with Gasteiger partial charge >= 0.3 is 17.9 Å². The molecule has 4 heterocycles. The molecule has 0 unspecified atom stereocenters. The zero-order valence-electron chi connectivity index (χ0n) is 23.0. The Labute approximate surface area is 262 Å². The Bertz CT molecular complexity index is 1600. The third-order valence-electron chi connectivity index (χ3n) is 4.81. The molecule has 0 atom stereocenters. The molecule has 0 spiro atoms. The van der Waals surface area contributed by atoms with E-state index in [-0.39, 0.29) is 41.8 Å². The number of hydrogen-bond donors (Lipinski definition) is 3. The molecule has 4 N–H and O–H groups in total. The quantitative estimate of drug-likeness (QED) is 0.240. The van der Waals surface area contributed by atoms with Crippen molar-refractivity contribution in [1.29, 1.82) is 0 Å². The van der Waals surface area contributed by atoms with Crippen LogP contribution in [0.5, 0.6) is 0 Å². The average Bonchev–Trinajstić information content (AvgIpc) is 3.45. The van der Waals surface area contributed by atoms with Gasteiger partial charge in [0.05, 0.1) is 38.4 Å². The molecule has 0 bridgehead atoms. The van der Waals surface area contributed by atoms with Gasteiger partial charge in [0.25, 0.3) is 0 Å². The van der Waals surface area contributed by atoms with Gasteiger partial charge in [0.15, 0.2) is 32.0 Å². The first-order chi connectivity index (χ1) is 20.4. The predicted molar refractivity (Wildman–Crippen MR) is 159 cm³/mol. The van der Waals surface area contributed by atoms with E-state index in [9.17, 15) is 19.2 Å². The minimum Gasteiger partial charge on any atom is -0.481 e. The van der Waals surface area contributed by atoms with Gasteiger partial charge in [-0.3, -0.25) is 9.59 Å². The smallest absolute Gasteiger partial charge is 0.360 e. The Morgan fingerprint density at radius 3 is 1.74 bits per heavy atom. The summed E-state index contributed by atoms with van der Waals surface area (Å²) in [5.41, 5.74) is 6.74. The van der Waals surface area contributed by atoms with E-state index in [0.717, 1.165) is 9.75 Å². The molecule has 0 aromatic carbocycles. The molecule has 4 aromatic rings. The van der Waals surface area contributed by atoms with Crippen LogP contribution in [0.4, 0.5) is 11.6 Å². The van der Waals surface area contributed by atoms with Crippen molar-refractivity contribution in [2.24, 2.45) is 0 Å². The second-order valence-corrected chi connectivity index (χ2v) is 11.1. The van der Waals surface area contributed by atoms with Crippen LogP contribution in [0, 0.1) is 13.8 Å². The molecule has 0 radical (unpaired) electrons. The fourth-order valence-electron chi connectivity index (χ4n) is 2.85. The first-order valence-corrected chi connectivity index (χ1v) is 14.0. The van der Waals surface area contributed by atoms with Crippen molar-refractivity contribution < 1.29 is 33.8 Å². The van der Waals surface area contributed by atoms with Crippen LogP contribution in [-0.4, -0.2) is 73.0 Å². The number of carbonyl (C=O) groups excluding carboxylic acids is 3. The highest BCUT2D eigenvalue weighted by atomic mass is 35.5. The molecule has 0 aliphatic carbocycles. The Balaban J connectivity index is 0.000000247. The largest absolute Gasteiger partial charge is 0.481 e. The molecule has 4 aromatic heterocycles. The average molecular weight is 672 g/mol. The molecule has 15 nitrogen and oxygen atoms in total. The first kappa shape index (κ1) is 34.9. The molecular weight excluding hydrogens is 647 g/mol. The summed E-state index contributed by atoms with van der Waals surface area (Å²) in [6.07, 6.45) is 5.60. The van der Waals surface area contributed by atoms with Crippen LogP contribution in [0.3, 0.4) is 0 Å². The summed E-state index contributed by atoms with van der Waals surface area (Å²) in [5.74, 6) is -2.30. The third kappa shape index (κ3) is 11.1. The highest BCUT2D eigenvalue weighted by Gasteiger charge is 2.18. The number of aromatic nitrogens is 6. The number of halogens is 2. The summed E-state index contributed by atoms with van der Waals surface area (Å²) in [4.78, 5) is 69.2. The molecule has 0 saturated carbocycles. The zero-order chi connectivity index (χ0) is 32.1. The van der Waals surface area contributed by atoms with Crippen molar-refractivity contribution in [3.05, 3.63) is 66.3 Å². The van der Waals surface area contributed by atoms with Crippen molar-refractivity contribution >= 4 is 81.3 Å². The normalized spacial score (nSPS) is 9.91. The third-order valence-corrected chi connectivity index (χ3v) is 7.33. The number of thiazole rings is 2. The standard InChI is InChI=1S/C12H11ClN4O3S.C6H6ClNO2S.C6H7N3O2/c1-6-7(21-12(13)16-6)5-8(18)17-10-9(11(19)20-2)14-3-4-15-10;1-3-4(2-5(9)10)11-6(7)8-3;1-11-6(10)4-5(7)9-3-2-8-4/h3-4H,5H2,1-2H3,(H,15,17,18);2H2,1H3,(H,9,10);2-3H,1H3,(H2,7,9). The lowest BCUT2D eigenvalue weighted by Crippen LogP contribution is -2.19. The lowest BCUT2D eigenvalue weighted by atomic mass is 10.3. The zero-order valence-corrected chi connectivity index (χ0v) is 26.1. The molecule has 4 rings (SSSR count). The van der Waals surface area contributed by atoms with Gasteiger partial charge in [0.1, 0.15) is 0 Å². The molecule has 0 aliphatic rings. The molecular formula is C24H24Cl2N8O7S2. The lowest BCUT2D eigenvalue weighted by molar-refractivity contribution is -0.136. The maximum Gasteiger partial charge on any atom is 0.360 e. The molecule has 43 heavy (non-hydrogen) atoms. The van der Waals surface area contributed by atoms with Crippen LogP contribution in [-0.2, 0) is 31.9 Å². The van der Waals surface area contributed by atoms with Crippen LogP contribution in [0.15, 0.2) is 24.8 Å². The van der Waals surface area contributed by atoms with Gasteiger partial charge in [-0.25, -0.2) is 39.5 Å². The van der Waals surface area contributed by atoms with Crippen molar-refractivity contribution in [2.75, 3.05) is 25.3 Å². The number of carboxylic acid groups (broad SMARTS) is 1. The molecule has 1 amide bonds. The Morgan fingerprint density at radius 1 is 0.814 bits per heavy atom. The number of aryl methyl sites for hydroxylation is 2. The summed E-state index contributed by atoms with van der Waals surface area (Å²) in [6.45, 7) is 3.52. The van der Waals surface area contributed by atoms with Gasteiger partial charge in [0, 0.05) is 34.5 Å². The van der Waals surface area contributed by atoms with Crippen LogP contribution in [0.1, 0.15) is 42.1 Å². The number of ether oxygens (including phenoxy) is 2. The second-order valence-electron chi connectivity index (χ2n) is 7.77. The Kier molecular flexibility index (Phi) is 13.8. The number of nitrogens with one attached hydrogen (secondary N) is 1. The minimum atomic E-state index is -0.853. The van der Waals surface area contributed by atoms with Gasteiger partial charge in [-0.15, -0.1) is 22.7 Å². The maximum absolute atomic E-state index is 12.0. The lowest BCUT2D eigenvalue weighted by Gasteiger charge is -2.07. The number of hydrogen-bond acceptors (Lipinski definition) is 15. The first-order valence-electron chi connectivity index (χ1n) is 11.7. The number of nitrogen functional groups attached to an aromatic ring is 1. The molecule has 0 saturated heterocycles. The summed E-state index contributed by atoms with van der Waals surface area (Å²) in [6, 6.07) is 0. The number of nitrogens with two attached hydrogens (primary N) is 1. The molecule has 228 valence electrons. The van der Waals surface area contributed by atoms with Crippen LogP contribution in [0.25, 0.3) is 0 Å². The van der Waals surface area contributed by atoms with E-state index in [0.29, 0.717) is 20.3 Å². The topological polar surface area (TPSA) is 222 Å². The number of carbonyl (C=O) groups is 4. The SMILES string of the molecule is COC(=O)c1nccnc1N.COC(=O)c1nccnc1NC(=O)Cc1sc(Cl)nc1C.Cc1nc(Cl)sc1CC(=O)O. The monoisotopic (exact) mass is 670 g/mol.